The number of para-hydroxylation sites is 1. The molecule has 5 heteroatoms. The van der Waals surface area contributed by atoms with Crippen LogP contribution < -0.4 is 11.1 Å². The van der Waals surface area contributed by atoms with Crippen molar-refractivity contribution in [1.29, 1.82) is 0 Å². The van der Waals surface area contributed by atoms with Crippen LogP contribution in [0.1, 0.15) is 18.9 Å². The Kier molecular flexibility index (Phi) is 5.52. The van der Waals surface area contributed by atoms with Gasteiger partial charge in [0.15, 0.2) is 0 Å². The number of hydrogen-bond acceptors (Lipinski definition) is 4. The summed E-state index contributed by atoms with van der Waals surface area (Å²) < 4.78 is 5.35. The molecule has 0 aliphatic carbocycles. The summed E-state index contributed by atoms with van der Waals surface area (Å²) in [6.07, 6.45) is 0.636. The number of carbonyl (C=O) groups is 1. The molecule has 1 amide bonds. The van der Waals surface area contributed by atoms with Gasteiger partial charge in [0.1, 0.15) is 0 Å². The standard InChI is InChI=1S/C15H23N3O2/c1-2-13(16)15(19)17-14-6-4-3-5-12(14)11-18-7-9-20-10-8-18/h3-6,13H,2,7-11,16H2,1H3,(H,17,19)/t13-/m0/s1. The van der Waals surface area contributed by atoms with E-state index in [2.05, 4.69) is 10.2 Å². The highest BCUT2D eigenvalue weighted by atomic mass is 16.5. The molecular weight excluding hydrogens is 254 g/mol. The maximum Gasteiger partial charge on any atom is 0.241 e. The summed E-state index contributed by atoms with van der Waals surface area (Å²) in [5.41, 5.74) is 7.73. The quantitative estimate of drug-likeness (QED) is 0.848. The van der Waals surface area contributed by atoms with E-state index in [0.717, 1.165) is 44.1 Å². The van der Waals surface area contributed by atoms with Gasteiger partial charge in [-0.1, -0.05) is 25.1 Å². The average Bonchev–Trinajstić information content (AvgIpc) is 2.49. The molecule has 0 saturated carbocycles. The van der Waals surface area contributed by atoms with Crippen molar-refractivity contribution in [2.24, 2.45) is 5.73 Å². The molecule has 1 heterocycles. The summed E-state index contributed by atoms with van der Waals surface area (Å²) in [6.45, 7) is 6.13. The minimum absolute atomic E-state index is 0.123. The molecule has 3 N–H and O–H groups in total. The molecule has 1 aliphatic heterocycles. The number of carbonyl (C=O) groups excluding carboxylic acids is 1. The highest BCUT2D eigenvalue weighted by Crippen LogP contribution is 2.18. The molecule has 20 heavy (non-hydrogen) atoms. The van der Waals surface area contributed by atoms with Gasteiger partial charge in [-0.2, -0.15) is 0 Å². The zero-order valence-electron chi connectivity index (χ0n) is 12.0. The summed E-state index contributed by atoms with van der Waals surface area (Å²) in [5.74, 6) is -0.123. The topological polar surface area (TPSA) is 67.6 Å². The van der Waals surface area contributed by atoms with Crippen LogP contribution in [-0.2, 0) is 16.1 Å². The van der Waals surface area contributed by atoms with Gasteiger partial charge in [0, 0.05) is 25.3 Å². The van der Waals surface area contributed by atoms with Gasteiger partial charge in [0.25, 0.3) is 0 Å². The molecular formula is C15H23N3O2. The zero-order chi connectivity index (χ0) is 14.4. The molecule has 110 valence electrons. The number of amides is 1. The molecule has 1 atom stereocenters. The van der Waals surface area contributed by atoms with Crippen LogP contribution >= 0.6 is 0 Å². The predicted molar refractivity (Wildman–Crippen MR) is 79.4 cm³/mol. The third-order valence-electron chi connectivity index (χ3n) is 3.55. The van der Waals surface area contributed by atoms with Gasteiger partial charge in [0.05, 0.1) is 19.3 Å². The Balaban J connectivity index is 2.03. The molecule has 0 bridgehead atoms. The van der Waals surface area contributed by atoms with Gasteiger partial charge in [-0.25, -0.2) is 0 Å². The van der Waals surface area contributed by atoms with Crippen LogP contribution in [0.4, 0.5) is 5.69 Å². The number of anilines is 1. The van der Waals surface area contributed by atoms with E-state index < -0.39 is 6.04 Å². The van der Waals surface area contributed by atoms with E-state index in [9.17, 15) is 4.79 Å². The first-order chi connectivity index (χ1) is 9.70. The second-order valence-corrected chi connectivity index (χ2v) is 5.05. The predicted octanol–water partition coefficient (Wildman–Crippen LogP) is 1.19. The molecule has 0 aromatic heterocycles. The highest BCUT2D eigenvalue weighted by Gasteiger charge is 2.15. The van der Waals surface area contributed by atoms with Crippen molar-refractivity contribution in [3.63, 3.8) is 0 Å². The fourth-order valence-electron chi connectivity index (χ4n) is 2.19. The number of benzene rings is 1. The normalized spacial score (nSPS) is 17.7. The van der Waals surface area contributed by atoms with Crippen LogP contribution in [0.15, 0.2) is 24.3 Å². The van der Waals surface area contributed by atoms with E-state index in [-0.39, 0.29) is 5.91 Å². The van der Waals surface area contributed by atoms with Crippen molar-refractivity contribution in [2.75, 3.05) is 31.6 Å². The van der Waals surface area contributed by atoms with Gasteiger partial charge in [-0.3, -0.25) is 9.69 Å². The van der Waals surface area contributed by atoms with Crippen molar-refractivity contribution in [3.05, 3.63) is 29.8 Å². The highest BCUT2D eigenvalue weighted by molar-refractivity contribution is 5.95. The Morgan fingerprint density at radius 1 is 1.40 bits per heavy atom. The lowest BCUT2D eigenvalue weighted by Crippen LogP contribution is -2.37. The SMILES string of the molecule is CC[C@H](N)C(=O)Nc1ccccc1CN1CCOCC1. The fraction of sp³-hybridized carbons (Fsp3) is 0.533. The Morgan fingerprint density at radius 2 is 2.10 bits per heavy atom. The number of rotatable bonds is 5. The third kappa shape index (κ3) is 4.03. The number of nitrogens with one attached hydrogen (secondary N) is 1. The van der Waals surface area contributed by atoms with Crippen LogP contribution in [0, 0.1) is 0 Å². The monoisotopic (exact) mass is 277 g/mol. The fourth-order valence-corrected chi connectivity index (χ4v) is 2.19. The molecule has 1 aromatic rings. The Morgan fingerprint density at radius 3 is 2.80 bits per heavy atom. The molecule has 0 radical (unpaired) electrons. The summed E-state index contributed by atoms with van der Waals surface area (Å²) in [4.78, 5) is 14.2. The summed E-state index contributed by atoms with van der Waals surface area (Å²) in [6, 6.07) is 7.44. The third-order valence-corrected chi connectivity index (χ3v) is 3.55. The lowest BCUT2D eigenvalue weighted by Gasteiger charge is -2.27. The Bertz CT molecular complexity index is 444. The number of nitrogens with two attached hydrogens (primary N) is 1. The summed E-state index contributed by atoms with van der Waals surface area (Å²) in [5, 5.41) is 2.93. The first-order valence-corrected chi connectivity index (χ1v) is 7.15. The second-order valence-electron chi connectivity index (χ2n) is 5.05. The zero-order valence-corrected chi connectivity index (χ0v) is 12.0. The summed E-state index contributed by atoms with van der Waals surface area (Å²) >= 11 is 0. The van der Waals surface area contributed by atoms with Crippen LogP contribution in [0.5, 0.6) is 0 Å². The lowest BCUT2D eigenvalue weighted by atomic mass is 10.1. The van der Waals surface area contributed by atoms with Crippen LogP contribution in [0.25, 0.3) is 0 Å². The molecule has 5 nitrogen and oxygen atoms in total. The van der Waals surface area contributed by atoms with E-state index in [1.165, 1.54) is 0 Å². The second kappa shape index (κ2) is 7.38. The van der Waals surface area contributed by atoms with Crippen molar-refractivity contribution in [3.8, 4) is 0 Å². The largest absolute Gasteiger partial charge is 0.379 e. The van der Waals surface area contributed by atoms with Gasteiger partial charge < -0.3 is 15.8 Å². The van der Waals surface area contributed by atoms with Crippen LogP contribution in [-0.4, -0.2) is 43.2 Å². The number of morpholine rings is 1. The van der Waals surface area contributed by atoms with E-state index in [4.69, 9.17) is 10.5 Å². The van der Waals surface area contributed by atoms with Gasteiger partial charge in [-0.15, -0.1) is 0 Å². The van der Waals surface area contributed by atoms with Crippen molar-refractivity contribution in [2.45, 2.75) is 25.9 Å². The Labute approximate surface area is 120 Å². The first kappa shape index (κ1) is 15.0. The molecule has 0 unspecified atom stereocenters. The van der Waals surface area contributed by atoms with Crippen LogP contribution in [0.2, 0.25) is 0 Å². The number of hydrogen-bond donors (Lipinski definition) is 2. The van der Waals surface area contributed by atoms with E-state index in [1.807, 2.05) is 31.2 Å². The van der Waals surface area contributed by atoms with Gasteiger partial charge in [-0.05, 0) is 18.1 Å². The maximum atomic E-state index is 11.9. The lowest BCUT2D eigenvalue weighted by molar-refractivity contribution is -0.117. The van der Waals surface area contributed by atoms with Gasteiger partial charge in [0.2, 0.25) is 5.91 Å². The van der Waals surface area contributed by atoms with Crippen molar-refractivity contribution in [1.82, 2.24) is 4.90 Å². The average molecular weight is 277 g/mol. The first-order valence-electron chi connectivity index (χ1n) is 7.15. The molecule has 1 aromatic carbocycles. The molecule has 0 spiro atoms. The number of nitrogens with zero attached hydrogens (tertiary/aromatic N) is 1. The van der Waals surface area contributed by atoms with E-state index in [1.54, 1.807) is 0 Å². The number of ether oxygens (including phenoxy) is 1. The van der Waals surface area contributed by atoms with E-state index in [0.29, 0.717) is 6.42 Å². The summed E-state index contributed by atoms with van der Waals surface area (Å²) in [7, 11) is 0. The maximum absolute atomic E-state index is 11.9. The molecule has 2 rings (SSSR count). The molecule has 1 fully saturated rings. The Hall–Kier alpha value is -1.43. The molecule has 1 saturated heterocycles. The van der Waals surface area contributed by atoms with Crippen molar-refractivity contribution < 1.29 is 9.53 Å². The minimum Gasteiger partial charge on any atom is -0.379 e. The van der Waals surface area contributed by atoms with Crippen molar-refractivity contribution >= 4 is 11.6 Å². The van der Waals surface area contributed by atoms with Crippen LogP contribution in [0.3, 0.4) is 0 Å². The van der Waals surface area contributed by atoms with Gasteiger partial charge >= 0.3 is 0 Å². The molecule has 1 aliphatic rings. The smallest absolute Gasteiger partial charge is 0.241 e. The van der Waals surface area contributed by atoms with E-state index >= 15 is 0 Å². The minimum atomic E-state index is -0.452.